The zero-order valence-electron chi connectivity index (χ0n) is 10.6. The molecular formula is C15H14BrNOS. The van der Waals surface area contributed by atoms with E-state index in [2.05, 4.69) is 28.9 Å². The molecule has 1 aromatic heterocycles. The lowest BCUT2D eigenvalue weighted by Crippen LogP contribution is -2.36. The van der Waals surface area contributed by atoms with Crippen LogP contribution in [0.1, 0.15) is 17.4 Å². The van der Waals surface area contributed by atoms with Crippen molar-refractivity contribution in [2.24, 2.45) is 0 Å². The molecule has 0 aliphatic carbocycles. The van der Waals surface area contributed by atoms with Crippen molar-refractivity contribution in [2.45, 2.75) is 25.8 Å². The number of carbonyl (C=O) groups excluding carboxylic acids is 1. The van der Waals surface area contributed by atoms with Crippen LogP contribution in [0.25, 0.3) is 0 Å². The van der Waals surface area contributed by atoms with Gasteiger partial charge in [0.15, 0.2) is 0 Å². The number of hydrogen-bond donors (Lipinski definition) is 0. The van der Waals surface area contributed by atoms with Gasteiger partial charge in [-0.05, 0) is 53.0 Å². The third kappa shape index (κ3) is 2.47. The van der Waals surface area contributed by atoms with E-state index < -0.39 is 0 Å². The molecule has 0 N–H and O–H groups in total. The minimum atomic E-state index is 0.187. The zero-order chi connectivity index (χ0) is 13.4. The molecular weight excluding hydrogens is 322 g/mol. The molecule has 0 bridgehead atoms. The molecule has 1 aromatic carbocycles. The zero-order valence-corrected chi connectivity index (χ0v) is 13.0. The molecule has 98 valence electrons. The second-order valence-corrected chi connectivity index (χ2v) is 7.38. The van der Waals surface area contributed by atoms with Gasteiger partial charge in [0.25, 0.3) is 0 Å². The summed E-state index contributed by atoms with van der Waals surface area (Å²) in [5.74, 6) is 0.187. The third-order valence-electron chi connectivity index (χ3n) is 3.43. The minimum Gasteiger partial charge on any atom is -0.309 e. The molecule has 2 nitrogen and oxygen atoms in total. The molecule has 1 atom stereocenters. The number of rotatable bonds is 2. The fraction of sp³-hybridized carbons (Fsp3) is 0.267. The lowest BCUT2D eigenvalue weighted by molar-refractivity contribution is -0.118. The Balaban J connectivity index is 1.84. The van der Waals surface area contributed by atoms with Crippen molar-refractivity contribution in [2.75, 3.05) is 4.90 Å². The van der Waals surface area contributed by atoms with Crippen molar-refractivity contribution < 1.29 is 4.79 Å². The standard InChI is InChI=1S/C15H14BrNOS/c1-10-8-11-4-2-3-5-13(11)17(10)15(18)9-12-6-7-14(16)19-12/h2-7,10H,8-9H2,1H3. The van der Waals surface area contributed by atoms with Gasteiger partial charge >= 0.3 is 0 Å². The number of fused-ring (bicyclic) bond motifs is 1. The minimum absolute atomic E-state index is 0.187. The van der Waals surface area contributed by atoms with Gasteiger partial charge in [-0.2, -0.15) is 0 Å². The van der Waals surface area contributed by atoms with E-state index in [0.29, 0.717) is 6.42 Å². The fourth-order valence-corrected chi connectivity index (χ4v) is 4.10. The molecule has 0 fully saturated rings. The highest BCUT2D eigenvalue weighted by atomic mass is 79.9. The molecule has 2 heterocycles. The van der Waals surface area contributed by atoms with Crippen LogP contribution < -0.4 is 4.90 Å². The number of carbonyl (C=O) groups is 1. The number of thiophene rings is 1. The van der Waals surface area contributed by atoms with Gasteiger partial charge in [0.2, 0.25) is 5.91 Å². The Morgan fingerprint density at radius 2 is 2.16 bits per heavy atom. The topological polar surface area (TPSA) is 20.3 Å². The van der Waals surface area contributed by atoms with Crippen molar-refractivity contribution in [3.05, 3.63) is 50.6 Å². The first-order valence-corrected chi connectivity index (χ1v) is 7.90. The largest absolute Gasteiger partial charge is 0.309 e. The normalized spacial score (nSPS) is 17.6. The quantitative estimate of drug-likeness (QED) is 0.811. The van der Waals surface area contributed by atoms with E-state index in [1.54, 1.807) is 11.3 Å². The van der Waals surface area contributed by atoms with Crippen molar-refractivity contribution in [3.63, 3.8) is 0 Å². The van der Waals surface area contributed by atoms with Crippen LogP contribution in [0.15, 0.2) is 40.2 Å². The Hall–Kier alpha value is -1.13. The summed E-state index contributed by atoms with van der Waals surface area (Å²) in [7, 11) is 0. The van der Waals surface area contributed by atoms with Crippen LogP contribution in [0.2, 0.25) is 0 Å². The molecule has 1 unspecified atom stereocenters. The van der Waals surface area contributed by atoms with E-state index in [1.807, 2.05) is 35.2 Å². The molecule has 4 heteroatoms. The molecule has 0 spiro atoms. The number of hydrogen-bond acceptors (Lipinski definition) is 2. The highest BCUT2D eigenvalue weighted by Gasteiger charge is 2.30. The van der Waals surface area contributed by atoms with Crippen LogP contribution in [0.4, 0.5) is 5.69 Å². The summed E-state index contributed by atoms with van der Waals surface area (Å²) >= 11 is 5.06. The first-order chi connectivity index (χ1) is 9.15. The summed E-state index contributed by atoms with van der Waals surface area (Å²) in [4.78, 5) is 15.6. The Kier molecular flexibility index (Phi) is 3.46. The lowest BCUT2D eigenvalue weighted by atomic mass is 10.1. The van der Waals surface area contributed by atoms with E-state index in [0.717, 1.165) is 20.8 Å². The number of nitrogens with zero attached hydrogens (tertiary/aromatic N) is 1. The molecule has 0 saturated heterocycles. The van der Waals surface area contributed by atoms with E-state index in [4.69, 9.17) is 0 Å². The van der Waals surface area contributed by atoms with E-state index in [1.165, 1.54) is 5.56 Å². The molecule has 1 aliphatic heterocycles. The summed E-state index contributed by atoms with van der Waals surface area (Å²) in [6, 6.07) is 12.5. The lowest BCUT2D eigenvalue weighted by Gasteiger charge is -2.22. The van der Waals surface area contributed by atoms with Gasteiger partial charge in [0.1, 0.15) is 0 Å². The number of halogens is 1. The van der Waals surface area contributed by atoms with Crippen molar-refractivity contribution in [1.29, 1.82) is 0 Å². The van der Waals surface area contributed by atoms with Crippen LogP contribution in [0, 0.1) is 0 Å². The molecule has 0 radical (unpaired) electrons. The monoisotopic (exact) mass is 335 g/mol. The second kappa shape index (κ2) is 5.10. The summed E-state index contributed by atoms with van der Waals surface area (Å²) in [6.45, 7) is 2.11. The summed E-state index contributed by atoms with van der Waals surface area (Å²) < 4.78 is 1.07. The average molecular weight is 336 g/mol. The molecule has 1 amide bonds. The number of anilines is 1. The van der Waals surface area contributed by atoms with Gasteiger partial charge in [-0.3, -0.25) is 4.79 Å². The summed E-state index contributed by atoms with van der Waals surface area (Å²) in [5.41, 5.74) is 2.35. The maximum absolute atomic E-state index is 12.5. The molecule has 0 saturated carbocycles. The fourth-order valence-electron chi connectivity index (χ4n) is 2.63. The smallest absolute Gasteiger partial charge is 0.232 e. The van der Waals surface area contributed by atoms with Crippen molar-refractivity contribution in [3.8, 4) is 0 Å². The van der Waals surface area contributed by atoms with Gasteiger partial charge < -0.3 is 4.90 Å². The molecule has 2 aromatic rings. The van der Waals surface area contributed by atoms with Crippen LogP contribution in [0.3, 0.4) is 0 Å². The van der Waals surface area contributed by atoms with Gasteiger partial charge in [0, 0.05) is 16.6 Å². The Morgan fingerprint density at radius 3 is 2.89 bits per heavy atom. The van der Waals surface area contributed by atoms with E-state index in [9.17, 15) is 4.79 Å². The first-order valence-electron chi connectivity index (χ1n) is 6.29. The predicted molar refractivity (Wildman–Crippen MR) is 82.8 cm³/mol. The predicted octanol–water partition coefficient (Wildman–Crippen LogP) is 4.03. The van der Waals surface area contributed by atoms with Crippen LogP contribution in [-0.4, -0.2) is 11.9 Å². The van der Waals surface area contributed by atoms with E-state index >= 15 is 0 Å². The average Bonchev–Trinajstić information content (AvgIpc) is 2.91. The maximum atomic E-state index is 12.5. The van der Waals surface area contributed by atoms with Crippen molar-refractivity contribution >= 4 is 38.9 Å². The highest BCUT2D eigenvalue weighted by Crippen LogP contribution is 2.33. The van der Waals surface area contributed by atoms with Crippen LogP contribution >= 0.6 is 27.3 Å². The molecule has 1 aliphatic rings. The first kappa shape index (κ1) is 12.9. The van der Waals surface area contributed by atoms with Gasteiger partial charge in [-0.25, -0.2) is 0 Å². The number of amides is 1. The third-order valence-corrected chi connectivity index (χ3v) is 5.05. The van der Waals surface area contributed by atoms with Gasteiger partial charge in [0.05, 0.1) is 10.2 Å². The summed E-state index contributed by atoms with van der Waals surface area (Å²) in [6.07, 6.45) is 1.44. The van der Waals surface area contributed by atoms with Gasteiger partial charge in [-0.15, -0.1) is 11.3 Å². The van der Waals surface area contributed by atoms with Crippen LogP contribution in [-0.2, 0) is 17.6 Å². The number of benzene rings is 1. The Bertz CT molecular complexity index is 622. The van der Waals surface area contributed by atoms with Crippen LogP contribution in [0.5, 0.6) is 0 Å². The highest BCUT2D eigenvalue weighted by molar-refractivity contribution is 9.11. The summed E-state index contributed by atoms with van der Waals surface area (Å²) in [5, 5.41) is 0. The SMILES string of the molecule is CC1Cc2ccccc2N1C(=O)Cc1ccc(Br)s1. The van der Waals surface area contributed by atoms with Crippen molar-refractivity contribution in [1.82, 2.24) is 0 Å². The number of para-hydroxylation sites is 1. The Labute approximate surface area is 125 Å². The second-order valence-electron chi connectivity index (χ2n) is 4.83. The van der Waals surface area contributed by atoms with Gasteiger partial charge in [-0.1, -0.05) is 18.2 Å². The maximum Gasteiger partial charge on any atom is 0.232 e. The molecule has 3 rings (SSSR count). The van der Waals surface area contributed by atoms with E-state index in [-0.39, 0.29) is 11.9 Å². The Morgan fingerprint density at radius 1 is 1.37 bits per heavy atom. The molecule has 19 heavy (non-hydrogen) atoms.